The fourth-order valence-electron chi connectivity index (χ4n) is 2.41. The molecule has 0 spiro atoms. The average Bonchev–Trinajstić information content (AvgIpc) is 2.90. The van der Waals surface area contributed by atoms with Gasteiger partial charge in [0.05, 0.1) is 5.75 Å². The highest BCUT2D eigenvalue weighted by atomic mass is 32.2. The van der Waals surface area contributed by atoms with Crippen molar-refractivity contribution in [3.8, 4) is 0 Å². The lowest BCUT2D eigenvalue weighted by Gasteiger charge is -2.34. The Labute approximate surface area is 130 Å². The van der Waals surface area contributed by atoms with E-state index in [1.54, 1.807) is 11.8 Å². The molecule has 1 amide bonds. The number of rotatable bonds is 6. The Morgan fingerprint density at radius 3 is 2.45 bits per heavy atom. The van der Waals surface area contributed by atoms with Gasteiger partial charge in [0.25, 0.3) is 0 Å². The van der Waals surface area contributed by atoms with Crippen LogP contribution in [0.5, 0.6) is 0 Å². The summed E-state index contributed by atoms with van der Waals surface area (Å²) in [6.45, 7) is 5.15. The Morgan fingerprint density at radius 1 is 1.23 bits per heavy atom. The molecular weight excluding hydrogens is 308 g/mol. The third kappa shape index (κ3) is 4.26. The summed E-state index contributed by atoms with van der Waals surface area (Å²) in [6.07, 6.45) is 1.31. The smallest absolute Gasteiger partial charge is 0.223 e. The molecular formula is C13H22N4O4S. The van der Waals surface area contributed by atoms with Crippen molar-refractivity contribution in [1.82, 2.24) is 19.4 Å². The van der Waals surface area contributed by atoms with Crippen LogP contribution in [0.1, 0.15) is 31.5 Å². The molecule has 1 fully saturated rings. The van der Waals surface area contributed by atoms with Crippen molar-refractivity contribution in [1.29, 1.82) is 0 Å². The van der Waals surface area contributed by atoms with Crippen LogP contribution in [-0.4, -0.2) is 65.7 Å². The van der Waals surface area contributed by atoms with Gasteiger partial charge in [0, 0.05) is 45.9 Å². The Morgan fingerprint density at radius 2 is 1.91 bits per heavy atom. The van der Waals surface area contributed by atoms with Crippen molar-refractivity contribution in [3.05, 3.63) is 11.8 Å². The van der Waals surface area contributed by atoms with E-state index >= 15 is 0 Å². The molecule has 9 heteroatoms. The second kappa shape index (κ2) is 7.19. The number of piperazine rings is 1. The second-order valence-corrected chi connectivity index (χ2v) is 7.40. The molecule has 0 radical (unpaired) electrons. The van der Waals surface area contributed by atoms with Crippen LogP contribution in [0.15, 0.2) is 4.42 Å². The molecule has 0 N–H and O–H groups in total. The van der Waals surface area contributed by atoms with E-state index in [0.717, 1.165) is 0 Å². The summed E-state index contributed by atoms with van der Waals surface area (Å²) in [7, 11) is -3.17. The molecule has 0 aromatic carbocycles. The number of hydrogen-bond donors (Lipinski definition) is 0. The molecule has 0 aliphatic carbocycles. The summed E-state index contributed by atoms with van der Waals surface area (Å²) in [5.74, 6) is 1.09. The van der Waals surface area contributed by atoms with Crippen molar-refractivity contribution in [2.45, 2.75) is 33.1 Å². The van der Waals surface area contributed by atoms with Gasteiger partial charge in [-0.15, -0.1) is 10.2 Å². The molecule has 1 aromatic heterocycles. The van der Waals surface area contributed by atoms with Crippen LogP contribution >= 0.6 is 0 Å². The van der Waals surface area contributed by atoms with Crippen molar-refractivity contribution in [2.75, 3.05) is 31.9 Å². The van der Waals surface area contributed by atoms with Crippen LogP contribution < -0.4 is 0 Å². The second-order valence-electron chi connectivity index (χ2n) is 5.31. The number of aryl methyl sites for hydroxylation is 2. The van der Waals surface area contributed by atoms with Crippen LogP contribution in [0.2, 0.25) is 0 Å². The number of nitrogens with zero attached hydrogens (tertiary/aromatic N) is 4. The number of sulfonamides is 1. The van der Waals surface area contributed by atoms with Crippen molar-refractivity contribution < 1.29 is 17.6 Å². The molecule has 1 aromatic rings. The maximum atomic E-state index is 12.1. The highest BCUT2D eigenvalue weighted by Gasteiger charge is 2.28. The van der Waals surface area contributed by atoms with Crippen LogP contribution in [0.4, 0.5) is 0 Å². The van der Waals surface area contributed by atoms with Crippen molar-refractivity contribution in [3.63, 3.8) is 0 Å². The fourth-order valence-corrected chi connectivity index (χ4v) is 3.91. The Bertz CT molecular complexity index is 605. The lowest BCUT2D eigenvalue weighted by atomic mass is 10.2. The number of amides is 1. The minimum absolute atomic E-state index is 0.0107. The van der Waals surface area contributed by atoms with E-state index in [-0.39, 0.29) is 11.7 Å². The topological polar surface area (TPSA) is 96.6 Å². The molecule has 2 heterocycles. The molecule has 0 saturated carbocycles. The molecule has 22 heavy (non-hydrogen) atoms. The third-order valence-electron chi connectivity index (χ3n) is 3.57. The minimum atomic E-state index is -3.17. The first kappa shape index (κ1) is 16.9. The van der Waals surface area contributed by atoms with Gasteiger partial charge in [-0.2, -0.15) is 4.31 Å². The molecule has 2 rings (SSSR count). The Kier molecular flexibility index (Phi) is 5.52. The molecule has 1 saturated heterocycles. The van der Waals surface area contributed by atoms with E-state index in [1.165, 1.54) is 4.31 Å². The van der Waals surface area contributed by atoms with Crippen molar-refractivity contribution in [2.24, 2.45) is 0 Å². The first-order valence-corrected chi connectivity index (χ1v) is 9.08. The van der Waals surface area contributed by atoms with Crippen molar-refractivity contribution >= 4 is 15.9 Å². The average molecular weight is 330 g/mol. The summed E-state index contributed by atoms with van der Waals surface area (Å²) >= 11 is 0. The molecule has 0 bridgehead atoms. The zero-order chi connectivity index (χ0) is 16.2. The zero-order valence-corrected chi connectivity index (χ0v) is 13.8. The van der Waals surface area contributed by atoms with Crippen LogP contribution in [0.25, 0.3) is 0 Å². The normalized spacial score (nSPS) is 16.9. The van der Waals surface area contributed by atoms with Gasteiger partial charge in [0.1, 0.15) is 0 Å². The summed E-state index contributed by atoms with van der Waals surface area (Å²) in [6, 6.07) is 0. The van der Waals surface area contributed by atoms with E-state index < -0.39 is 10.0 Å². The van der Waals surface area contributed by atoms with Gasteiger partial charge in [-0.1, -0.05) is 6.92 Å². The Balaban J connectivity index is 1.80. The zero-order valence-electron chi connectivity index (χ0n) is 13.0. The first-order chi connectivity index (χ1) is 10.4. The largest absolute Gasteiger partial charge is 0.426 e. The highest BCUT2D eigenvalue weighted by molar-refractivity contribution is 7.89. The predicted molar refractivity (Wildman–Crippen MR) is 79.6 cm³/mol. The van der Waals surface area contributed by atoms with E-state index in [4.69, 9.17) is 4.42 Å². The predicted octanol–water partition coefficient (Wildman–Crippen LogP) is 0.195. The third-order valence-corrected chi connectivity index (χ3v) is 5.64. The minimum Gasteiger partial charge on any atom is -0.426 e. The van der Waals surface area contributed by atoms with Gasteiger partial charge in [-0.3, -0.25) is 4.79 Å². The summed E-state index contributed by atoms with van der Waals surface area (Å²) < 4.78 is 30.6. The standard InChI is InChI=1S/C13H22N4O4S/c1-3-10-22(19,20)17-8-6-16(7-9-17)13(18)5-4-12-15-14-11(2)21-12/h3-10H2,1-2H3. The van der Waals surface area contributed by atoms with Gasteiger partial charge in [0.15, 0.2) is 0 Å². The maximum absolute atomic E-state index is 12.1. The fraction of sp³-hybridized carbons (Fsp3) is 0.769. The van der Waals surface area contributed by atoms with E-state index in [2.05, 4.69) is 10.2 Å². The van der Waals surface area contributed by atoms with Crippen LogP contribution in [0, 0.1) is 6.92 Å². The number of hydrogen-bond acceptors (Lipinski definition) is 6. The van der Waals surface area contributed by atoms with Crippen LogP contribution in [-0.2, 0) is 21.2 Å². The Hall–Kier alpha value is -1.48. The molecule has 8 nitrogen and oxygen atoms in total. The van der Waals surface area contributed by atoms with Crippen LogP contribution in [0.3, 0.4) is 0 Å². The number of aromatic nitrogens is 2. The summed E-state index contributed by atoms with van der Waals surface area (Å²) in [5.41, 5.74) is 0. The molecule has 124 valence electrons. The highest BCUT2D eigenvalue weighted by Crippen LogP contribution is 2.11. The lowest BCUT2D eigenvalue weighted by Crippen LogP contribution is -2.51. The number of carbonyl (C=O) groups is 1. The first-order valence-electron chi connectivity index (χ1n) is 7.47. The number of carbonyl (C=O) groups excluding carboxylic acids is 1. The monoisotopic (exact) mass is 330 g/mol. The van der Waals surface area contributed by atoms with Gasteiger partial charge in [-0.05, 0) is 6.42 Å². The van der Waals surface area contributed by atoms with Gasteiger partial charge in [-0.25, -0.2) is 8.42 Å². The van der Waals surface area contributed by atoms with E-state index in [0.29, 0.717) is 57.2 Å². The van der Waals surface area contributed by atoms with E-state index in [1.807, 2.05) is 6.92 Å². The maximum Gasteiger partial charge on any atom is 0.223 e. The van der Waals surface area contributed by atoms with Gasteiger partial charge in [0.2, 0.25) is 27.7 Å². The SMILES string of the molecule is CCCS(=O)(=O)N1CCN(C(=O)CCc2nnc(C)o2)CC1. The molecule has 0 unspecified atom stereocenters. The summed E-state index contributed by atoms with van der Waals surface area (Å²) in [5, 5.41) is 7.57. The molecule has 0 atom stereocenters. The summed E-state index contributed by atoms with van der Waals surface area (Å²) in [4.78, 5) is 13.8. The van der Waals surface area contributed by atoms with Gasteiger partial charge >= 0.3 is 0 Å². The van der Waals surface area contributed by atoms with Gasteiger partial charge < -0.3 is 9.32 Å². The lowest BCUT2D eigenvalue weighted by molar-refractivity contribution is -0.132. The van der Waals surface area contributed by atoms with E-state index in [9.17, 15) is 13.2 Å². The quantitative estimate of drug-likeness (QED) is 0.739. The molecule has 1 aliphatic rings. The molecule has 1 aliphatic heterocycles.